The number of ether oxygens (including phenoxy) is 2. The van der Waals surface area contributed by atoms with E-state index < -0.39 is 76.8 Å². The highest BCUT2D eigenvalue weighted by molar-refractivity contribution is 7.80. The van der Waals surface area contributed by atoms with Crippen LogP contribution in [0.1, 0.15) is 27.0 Å². The van der Waals surface area contributed by atoms with Crippen LogP contribution in [0.25, 0.3) is 0 Å². The first-order valence-corrected chi connectivity index (χ1v) is 15.9. The minimum absolute atomic E-state index is 0.0546. The Morgan fingerprint density at radius 2 is 1.22 bits per heavy atom. The Bertz CT molecular complexity index is 2030. The molecule has 0 bridgehead atoms. The maximum Gasteiger partial charge on any atom is 0.342 e. The van der Waals surface area contributed by atoms with E-state index in [1.807, 2.05) is 0 Å². The molecule has 0 spiro atoms. The molecule has 0 aliphatic rings. The number of carbonyl (C=O) groups excluding carboxylic acids is 2. The van der Waals surface area contributed by atoms with Gasteiger partial charge in [-0.1, -0.05) is 72.8 Å². The van der Waals surface area contributed by atoms with E-state index in [1.54, 1.807) is 60.7 Å². The smallest absolute Gasteiger partial charge is 0.342 e. The highest BCUT2D eigenvalue weighted by atomic mass is 32.2. The molecule has 0 N–H and O–H groups in total. The summed E-state index contributed by atoms with van der Waals surface area (Å²) < 4.78 is 120. The minimum Gasteiger partial charge on any atom is -0.755 e. The molecule has 0 aliphatic carbocycles. The minimum atomic E-state index is -3.73. The molecule has 1 amide bonds. The second-order valence-corrected chi connectivity index (χ2v) is 11.7. The van der Waals surface area contributed by atoms with Crippen LogP contribution >= 0.6 is 0 Å². The number of esters is 1. The predicted octanol–water partition coefficient (Wildman–Crippen LogP) is 7.29. The number of rotatable bonds is 13. The van der Waals surface area contributed by atoms with Gasteiger partial charge in [0.25, 0.3) is 0 Å². The summed E-state index contributed by atoms with van der Waals surface area (Å²) in [4.78, 5) is 28.0. The number of carbonyl (C=O) groups is 2. The van der Waals surface area contributed by atoms with Gasteiger partial charge >= 0.3 is 5.97 Å². The molecule has 15 heteroatoms. The van der Waals surface area contributed by atoms with E-state index in [-0.39, 0.29) is 40.1 Å². The second-order valence-electron chi connectivity index (χ2n) is 10.8. The van der Waals surface area contributed by atoms with Crippen LogP contribution in [-0.2, 0) is 40.6 Å². The molecule has 1 unspecified atom stereocenters. The van der Waals surface area contributed by atoms with E-state index in [4.69, 9.17) is 9.47 Å². The molecule has 0 radical (unpaired) electrons. The van der Waals surface area contributed by atoms with Crippen LogP contribution in [0.15, 0.2) is 103 Å². The van der Waals surface area contributed by atoms with Crippen molar-refractivity contribution in [2.24, 2.45) is 0 Å². The van der Waals surface area contributed by atoms with Gasteiger partial charge in [-0.05, 0) is 41.0 Å². The third-order valence-electron chi connectivity index (χ3n) is 7.40. The molecule has 5 aromatic carbocycles. The fourth-order valence-electron chi connectivity index (χ4n) is 4.83. The van der Waals surface area contributed by atoms with Crippen LogP contribution in [0, 0.1) is 34.9 Å². The number of benzene rings is 5. The van der Waals surface area contributed by atoms with Crippen molar-refractivity contribution in [1.29, 1.82) is 0 Å². The van der Waals surface area contributed by atoms with Crippen LogP contribution in [0.3, 0.4) is 0 Å². The Hall–Kier alpha value is -5.67. The summed E-state index contributed by atoms with van der Waals surface area (Å²) in [7, 11) is 0. The molecule has 5 rings (SSSR count). The number of amides is 1. The third-order valence-corrected chi connectivity index (χ3v) is 8.07. The zero-order chi connectivity index (χ0) is 36.7. The van der Waals surface area contributed by atoms with Crippen molar-refractivity contribution >= 4 is 34.5 Å². The summed E-state index contributed by atoms with van der Waals surface area (Å²) in [6.45, 7) is -2.00. The molecular formula is C36H25F6N2O6S-. The van der Waals surface area contributed by atoms with Crippen LogP contribution < -0.4 is 13.9 Å². The molecule has 0 saturated heterocycles. The second kappa shape index (κ2) is 16.4. The van der Waals surface area contributed by atoms with Crippen LogP contribution in [0.4, 0.5) is 37.7 Å². The number of hydrogen-bond donors (Lipinski definition) is 0. The molecule has 51 heavy (non-hydrogen) atoms. The van der Waals surface area contributed by atoms with Crippen molar-refractivity contribution in [3.63, 3.8) is 0 Å². The summed E-state index contributed by atoms with van der Waals surface area (Å²) in [6, 6.07) is 26.1. The van der Waals surface area contributed by atoms with Gasteiger partial charge in [0, 0.05) is 23.0 Å². The van der Waals surface area contributed by atoms with Gasteiger partial charge in [0.1, 0.15) is 42.6 Å². The van der Waals surface area contributed by atoms with Gasteiger partial charge in [0.05, 0.1) is 6.54 Å². The highest BCUT2D eigenvalue weighted by Crippen LogP contribution is 2.33. The molecule has 1 atom stereocenters. The SMILES string of the molecule is O=C(OCc1ccccc1)c1ccc(N(Cc2ccc(F)cc2)C(=O)CN(c2c(F)c(F)c(F)c(F)c2F)S(=O)[O-])cc1OCc1ccccc1. The quantitative estimate of drug-likeness (QED) is 0.0416. The molecule has 0 saturated carbocycles. The lowest BCUT2D eigenvalue weighted by molar-refractivity contribution is -0.117. The molecule has 0 fully saturated rings. The topological polar surface area (TPSA) is 99.2 Å². The van der Waals surface area contributed by atoms with Crippen molar-refractivity contribution < 1.29 is 54.2 Å². The molecule has 8 nitrogen and oxygen atoms in total. The number of anilines is 2. The Morgan fingerprint density at radius 1 is 0.667 bits per heavy atom. The van der Waals surface area contributed by atoms with Crippen molar-refractivity contribution in [2.45, 2.75) is 19.8 Å². The standard InChI is InChI=1S/C36H26F6N2O6S/c37-25-13-11-22(12-14-25)18-43(29(45)19-44(51(47)48)35-33(41)31(39)30(38)32(40)34(35)42)26-15-16-27(36(46)50-21-24-9-5-2-6-10-24)28(17-26)49-20-23-7-3-1-4-8-23/h1-17H,18-21H2,(H,47,48)/p-1. The first-order chi connectivity index (χ1) is 24.4. The van der Waals surface area contributed by atoms with Gasteiger partial charge < -0.3 is 18.9 Å². The largest absolute Gasteiger partial charge is 0.755 e. The van der Waals surface area contributed by atoms with Gasteiger partial charge in [-0.25, -0.2) is 31.1 Å². The molecule has 0 heterocycles. The van der Waals surface area contributed by atoms with Gasteiger partial charge in [0.15, 0.2) is 23.3 Å². The molecule has 0 aromatic heterocycles. The Labute approximate surface area is 289 Å². The van der Waals surface area contributed by atoms with Gasteiger partial charge in [-0.2, -0.15) is 0 Å². The Balaban J connectivity index is 1.54. The third kappa shape index (κ3) is 8.74. The molecule has 264 valence electrons. The number of hydrogen-bond acceptors (Lipinski definition) is 6. The lowest BCUT2D eigenvalue weighted by Crippen LogP contribution is -2.42. The Morgan fingerprint density at radius 3 is 1.78 bits per heavy atom. The molecule has 5 aromatic rings. The van der Waals surface area contributed by atoms with E-state index in [0.29, 0.717) is 11.1 Å². The fourth-order valence-corrected chi connectivity index (χ4v) is 5.35. The number of nitrogens with zero attached hydrogens (tertiary/aromatic N) is 2. The summed E-state index contributed by atoms with van der Waals surface area (Å²) in [5.74, 6) is -15.1. The van der Waals surface area contributed by atoms with Crippen molar-refractivity contribution in [1.82, 2.24) is 0 Å². The summed E-state index contributed by atoms with van der Waals surface area (Å²) in [5.41, 5.74) is -0.321. The van der Waals surface area contributed by atoms with Crippen LogP contribution in [-0.4, -0.2) is 27.2 Å². The van der Waals surface area contributed by atoms with E-state index in [0.717, 1.165) is 17.0 Å². The fraction of sp³-hybridized carbons (Fsp3) is 0.111. The Kier molecular flexibility index (Phi) is 11.7. The zero-order valence-corrected chi connectivity index (χ0v) is 27.0. The van der Waals surface area contributed by atoms with Crippen molar-refractivity contribution in [3.05, 3.63) is 160 Å². The molecular weight excluding hydrogens is 702 g/mol. The average molecular weight is 728 g/mol. The molecule has 0 aliphatic heterocycles. The summed E-state index contributed by atoms with van der Waals surface area (Å²) in [5, 5.41) is 0. The van der Waals surface area contributed by atoms with Crippen molar-refractivity contribution in [2.75, 3.05) is 15.7 Å². The van der Waals surface area contributed by atoms with Crippen molar-refractivity contribution in [3.8, 4) is 5.75 Å². The lowest BCUT2D eigenvalue weighted by Gasteiger charge is -2.30. The van der Waals surface area contributed by atoms with Gasteiger partial charge in [0.2, 0.25) is 11.7 Å². The van der Waals surface area contributed by atoms with Crippen LogP contribution in [0.5, 0.6) is 5.75 Å². The highest BCUT2D eigenvalue weighted by Gasteiger charge is 2.32. The van der Waals surface area contributed by atoms with E-state index in [9.17, 15) is 44.7 Å². The zero-order valence-electron chi connectivity index (χ0n) is 26.2. The van der Waals surface area contributed by atoms with E-state index >= 15 is 0 Å². The predicted molar refractivity (Wildman–Crippen MR) is 173 cm³/mol. The first-order valence-electron chi connectivity index (χ1n) is 14.9. The monoisotopic (exact) mass is 727 g/mol. The lowest BCUT2D eigenvalue weighted by atomic mass is 10.1. The average Bonchev–Trinajstić information content (AvgIpc) is 3.14. The summed E-state index contributed by atoms with van der Waals surface area (Å²) >= 11 is -3.73. The normalized spacial score (nSPS) is 11.5. The number of halogens is 6. The van der Waals surface area contributed by atoms with E-state index in [1.165, 1.54) is 30.3 Å². The first kappa shape index (κ1) is 36.6. The van der Waals surface area contributed by atoms with E-state index in [2.05, 4.69) is 0 Å². The summed E-state index contributed by atoms with van der Waals surface area (Å²) in [6.07, 6.45) is 0. The maximum atomic E-state index is 14.7. The van der Waals surface area contributed by atoms with Crippen LogP contribution in [0.2, 0.25) is 0 Å². The van der Waals surface area contributed by atoms with Gasteiger partial charge in [-0.15, -0.1) is 0 Å². The van der Waals surface area contributed by atoms with Gasteiger partial charge in [-0.3, -0.25) is 13.3 Å². The maximum absolute atomic E-state index is 14.7.